The predicted octanol–water partition coefficient (Wildman–Crippen LogP) is 7.01. The van der Waals surface area contributed by atoms with E-state index in [4.69, 9.17) is 0 Å². The van der Waals surface area contributed by atoms with Crippen LogP contribution in [-0.4, -0.2) is 9.97 Å². The molecule has 5 rings (SSSR count). The van der Waals surface area contributed by atoms with Crippen molar-refractivity contribution in [3.63, 3.8) is 0 Å². The first-order chi connectivity index (χ1) is 12.9. The predicted molar refractivity (Wildman–Crippen MR) is 112 cm³/mol. The molecule has 2 nitrogen and oxygen atoms in total. The molecule has 0 aliphatic heterocycles. The van der Waals surface area contributed by atoms with Gasteiger partial charge in [0.15, 0.2) is 0 Å². The van der Waals surface area contributed by atoms with E-state index in [1.165, 1.54) is 32.9 Å². The minimum Gasteiger partial charge on any atom is -0.355 e. The Kier molecular flexibility index (Phi) is 4.32. The molecule has 5 aromatic rings. The standard InChI is InChI=1S/C22H16N2.C2H6/c1-3-10-19-17(6-1)13-21(23-19)15-8-5-9-16(12-15)22-14-18-7-2-4-11-20(18)24-22;1-2/h1-14,23-24H;1-2H3. The molecule has 2 heteroatoms. The van der Waals surface area contributed by atoms with Crippen molar-refractivity contribution in [3.8, 4) is 22.5 Å². The topological polar surface area (TPSA) is 31.6 Å². The zero-order valence-electron chi connectivity index (χ0n) is 15.1. The van der Waals surface area contributed by atoms with Crippen molar-refractivity contribution in [2.24, 2.45) is 0 Å². The molecule has 3 aromatic carbocycles. The lowest BCUT2D eigenvalue weighted by Crippen LogP contribution is -1.81. The number of aromatic nitrogens is 2. The highest BCUT2D eigenvalue weighted by Crippen LogP contribution is 2.29. The average Bonchev–Trinajstić information content (AvgIpc) is 3.34. The molecule has 2 heterocycles. The van der Waals surface area contributed by atoms with Crippen LogP contribution in [0, 0.1) is 0 Å². The molecule has 128 valence electrons. The lowest BCUT2D eigenvalue weighted by Gasteiger charge is -2.02. The van der Waals surface area contributed by atoms with Gasteiger partial charge >= 0.3 is 0 Å². The highest BCUT2D eigenvalue weighted by atomic mass is 14.7. The third-order valence-corrected chi connectivity index (χ3v) is 4.54. The lowest BCUT2D eigenvalue weighted by atomic mass is 10.1. The van der Waals surface area contributed by atoms with Gasteiger partial charge in [-0.2, -0.15) is 0 Å². The van der Waals surface area contributed by atoms with Crippen molar-refractivity contribution in [1.29, 1.82) is 0 Å². The summed E-state index contributed by atoms with van der Waals surface area (Å²) >= 11 is 0. The second-order valence-electron chi connectivity index (χ2n) is 6.12. The second-order valence-corrected chi connectivity index (χ2v) is 6.12. The summed E-state index contributed by atoms with van der Waals surface area (Å²) in [5, 5.41) is 2.48. The van der Waals surface area contributed by atoms with Crippen LogP contribution in [-0.2, 0) is 0 Å². The average molecular weight is 338 g/mol. The molecule has 2 N–H and O–H groups in total. The molecule has 2 aromatic heterocycles. The quantitative estimate of drug-likeness (QED) is 0.347. The van der Waals surface area contributed by atoms with Crippen LogP contribution in [0.2, 0.25) is 0 Å². The highest BCUT2D eigenvalue weighted by molar-refractivity contribution is 5.88. The van der Waals surface area contributed by atoms with Gasteiger partial charge in [-0.05, 0) is 41.5 Å². The molecule has 0 aliphatic carbocycles. The van der Waals surface area contributed by atoms with E-state index in [0.29, 0.717) is 0 Å². The van der Waals surface area contributed by atoms with Gasteiger partial charge in [-0.3, -0.25) is 0 Å². The molecule has 0 aliphatic rings. The molecular weight excluding hydrogens is 316 g/mol. The van der Waals surface area contributed by atoms with Gasteiger partial charge in [-0.15, -0.1) is 0 Å². The van der Waals surface area contributed by atoms with Crippen molar-refractivity contribution in [3.05, 3.63) is 84.9 Å². The minimum atomic E-state index is 1.15. The fraction of sp³-hybridized carbons (Fsp3) is 0.0833. The Balaban J connectivity index is 0.000000814. The summed E-state index contributed by atoms with van der Waals surface area (Å²) in [4.78, 5) is 7.01. The first-order valence-electron chi connectivity index (χ1n) is 9.13. The monoisotopic (exact) mass is 338 g/mol. The van der Waals surface area contributed by atoms with E-state index >= 15 is 0 Å². The Morgan fingerprint density at radius 2 is 0.962 bits per heavy atom. The van der Waals surface area contributed by atoms with Crippen LogP contribution >= 0.6 is 0 Å². The van der Waals surface area contributed by atoms with Crippen LogP contribution in [0.15, 0.2) is 84.9 Å². The summed E-state index contributed by atoms with van der Waals surface area (Å²) in [6.45, 7) is 4.00. The number of para-hydroxylation sites is 2. The Bertz CT molecular complexity index is 1010. The normalized spacial score (nSPS) is 10.7. The molecule has 0 atom stereocenters. The summed E-state index contributed by atoms with van der Waals surface area (Å²) < 4.78 is 0. The largest absolute Gasteiger partial charge is 0.355 e. The van der Waals surface area contributed by atoms with Crippen molar-refractivity contribution in [2.45, 2.75) is 13.8 Å². The summed E-state index contributed by atoms with van der Waals surface area (Å²) in [6.07, 6.45) is 0. The van der Waals surface area contributed by atoms with Crippen LogP contribution in [0.1, 0.15) is 13.8 Å². The van der Waals surface area contributed by atoms with Crippen LogP contribution in [0.4, 0.5) is 0 Å². The third kappa shape index (κ3) is 2.91. The summed E-state index contributed by atoms with van der Waals surface area (Å²) in [7, 11) is 0. The van der Waals surface area contributed by atoms with E-state index in [2.05, 4.69) is 94.9 Å². The number of rotatable bonds is 2. The molecule has 0 radical (unpaired) electrons. The SMILES string of the molecule is CC.c1cc(-c2cc3ccccc3[nH]2)cc(-c2cc3ccccc3[nH]2)c1. The molecule has 0 amide bonds. The van der Waals surface area contributed by atoms with Crippen LogP contribution in [0.5, 0.6) is 0 Å². The number of benzene rings is 3. The summed E-state index contributed by atoms with van der Waals surface area (Å²) in [5.41, 5.74) is 7.03. The van der Waals surface area contributed by atoms with Crippen molar-refractivity contribution < 1.29 is 0 Å². The maximum atomic E-state index is 3.51. The first-order valence-corrected chi connectivity index (χ1v) is 9.13. The Morgan fingerprint density at radius 3 is 1.42 bits per heavy atom. The summed E-state index contributed by atoms with van der Waals surface area (Å²) in [5.74, 6) is 0. The molecule has 0 spiro atoms. The van der Waals surface area contributed by atoms with Gasteiger partial charge in [-0.1, -0.05) is 68.4 Å². The van der Waals surface area contributed by atoms with E-state index in [9.17, 15) is 0 Å². The van der Waals surface area contributed by atoms with Gasteiger partial charge in [0.2, 0.25) is 0 Å². The van der Waals surface area contributed by atoms with Gasteiger partial charge in [0.1, 0.15) is 0 Å². The molecule has 0 bridgehead atoms. The second kappa shape index (κ2) is 6.93. The van der Waals surface area contributed by atoms with E-state index < -0.39 is 0 Å². The van der Waals surface area contributed by atoms with Crippen LogP contribution in [0.3, 0.4) is 0 Å². The Morgan fingerprint density at radius 1 is 0.500 bits per heavy atom. The van der Waals surface area contributed by atoms with Crippen LogP contribution < -0.4 is 0 Å². The molecule has 26 heavy (non-hydrogen) atoms. The Labute approximate surface area is 153 Å². The van der Waals surface area contributed by atoms with Crippen molar-refractivity contribution >= 4 is 21.8 Å². The van der Waals surface area contributed by atoms with Crippen molar-refractivity contribution in [1.82, 2.24) is 9.97 Å². The molecule has 0 saturated heterocycles. The van der Waals surface area contributed by atoms with Crippen molar-refractivity contribution in [2.75, 3.05) is 0 Å². The number of hydrogen-bond acceptors (Lipinski definition) is 0. The number of nitrogens with one attached hydrogen (secondary N) is 2. The van der Waals surface area contributed by atoms with Gasteiger partial charge in [0, 0.05) is 33.2 Å². The summed E-state index contributed by atoms with van der Waals surface area (Å²) in [6, 6.07) is 29.8. The minimum absolute atomic E-state index is 1.15. The van der Waals surface area contributed by atoms with Gasteiger partial charge in [0.25, 0.3) is 0 Å². The maximum Gasteiger partial charge on any atom is 0.0465 e. The van der Waals surface area contributed by atoms with Crippen LogP contribution in [0.25, 0.3) is 44.3 Å². The van der Waals surface area contributed by atoms with E-state index in [1.807, 2.05) is 13.8 Å². The molecule has 0 fully saturated rings. The fourth-order valence-electron chi connectivity index (χ4n) is 3.31. The zero-order valence-corrected chi connectivity index (χ0v) is 15.1. The van der Waals surface area contributed by atoms with Gasteiger partial charge in [-0.25, -0.2) is 0 Å². The number of H-pyrrole nitrogens is 2. The molecule has 0 saturated carbocycles. The zero-order chi connectivity index (χ0) is 17.9. The van der Waals surface area contributed by atoms with E-state index in [-0.39, 0.29) is 0 Å². The van der Waals surface area contributed by atoms with E-state index in [1.54, 1.807) is 0 Å². The Hall–Kier alpha value is -3.26. The maximum absolute atomic E-state index is 3.51. The highest BCUT2D eigenvalue weighted by Gasteiger charge is 2.07. The number of hydrogen-bond donors (Lipinski definition) is 2. The lowest BCUT2D eigenvalue weighted by molar-refractivity contribution is 1.43. The fourth-order valence-corrected chi connectivity index (χ4v) is 3.31. The van der Waals surface area contributed by atoms with E-state index in [0.717, 1.165) is 11.4 Å². The first kappa shape index (κ1) is 16.2. The van der Waals surface area contributed by atoms with Gasteiger partial charge in [0.05, 0.1) is 0 Å². The smallest absolute Gasteiger partial charge is 0.0465 e. The molecule has 0 unspecified atom stereocenters. The number of aromatic amines is 2. The molecular formula is C24H22N2. The van der Waals surface area contributed by atoms with Gasteiger partial charge < -0.3 is 9.97 Å². The number of fused-ring (bicyclic) bond motifs is 2. The third-order valence-electron chi connectivity index (χ3n) is 4.54.